The summed E-state index contributed by atoms with van der Waals surface area (Å²) in [6.45, 7) is -0.853. The summed E-state index contributed by atoms with van der Waals surface area (Å²) in [6, 6.07) is 7.59. The number of amides is 2. The van der Waals surface area contributed by atoms with Crippen LogP contribution in [0.25, 0.3) is 22.2 Å². The van der Waals surface area contributed by atoms with E-state index in [2.05, 4.69) is 25.6 Å². The fourth-order valence-corrected chi connectivity index (χ4v) is 6.62. The fourth-order valence-electron chi connectivity index (χ4n) is 6.41. The Labute approximate surface area is 266 Å². The molecule has 0 spiro atoms. The first-order valence-corrected chi connectivity index (χ1v) is 14.6. The van der Waals surface area contributed by atoms with Gasteiger partial charge in [0.25, 0.3) is 12.3 Å². The number of fused-ring (bicyclic) bond motifs is 4. The van der Waals surface area contributed by atoms with Crippen LogP contribution in [0.5, 0.6) is 0 Å². The average Bonchev–Trinajstić information content (AvgIpc) is 3.41. The maximum atomic E-state index is 15.2. The molecule has 1 saturated carbocycles. The largest absolute Gasteiger partial charge is 0.366 e. The highest BCUT2D eigenvalue weighted by atomic mass is 35.5. The number of aromatic nitrogens is 5. The summed E-state index contributed by atoms with van der Waals surface area (Å²) in [6.07, 6.45) is -1.93. The second-order valence-electron chi connectivity index (χ2n) is 11.6. The number of nitrogens with one attached hydrogen (secondary N) is 2. The first kappa shape index (κ1) is 30.7. The van der Waals surface area contributed by atoms with Crippen LogP contribution in [0.2, 0.25) is 5.02 Å². The number of pyridine rings is 1. The number of H-pyrrole nitrogens is 1. The molecule has 0 unspecified atom stereocenters. The Morgan fingerprint density at radius 3 is 2.55 bits per heavy atom. The Kier molecular flexibility index (Phi) is 7.26. The van der Waals surface area contributed by atoms with E-state index in [-0.39, 0.29) is 40.2 Å². The predicted molar refractivity (Wildman–Crippen MR) is 156 cm³/mol. The van der Waals surface area contributed by atoms with Crippen LogP contribution in [-0.4, -0.2) is 36.8 Å². The number of aromatic amines is 1. The molecule has 0 saturated heterocycles. The van der Waals surface area contributed by atoms with E-state index in [1.807, 2.05) is 0 Å². The Bertz CT molecular complexity index is 2080. The lowest BCUT2D eigenvalue weighted by Crippen LogP contribution is -2.35. The summed E-state index contributed by atoms with van der Waals surface area (Å²) in [5.74, 6) is -8.85. The van der Waals surface area contributed by atoms with Crippen LogP contribution in [-0.2, 0) is 23.7 Å². The van der Waals surface area contributed by atoms with E-state index in [0.717, 1.165) is 12.1 Å². The number of nitrogens with two attached hydrogens (primary N) is 1. The number of carbonyl (C=O) groups excluding carboxylic acids is 2. The van der Waals surface area contributed by atoms with Crippen LogP contribution in [0.1, 0.15) is 63.4 Å². The highest BCUT2D eigenvalue weighted by Crippen LogP contribution is 2.68. The second-order valence-corrected chi connectivity index (χ2v) is 12.0. The molecule has 1 fully saturated rings. The zero-order chi connectivity index (χ0) is 33.4. The van der Waals surface area contributed by atoms with Crippen LogP contribution in [0, 0.1) is 17.6 Å². The maximum absolute atomic E-state index is 15.2. The van der Waals surface area contributed by atoms with Gasteiger partial charge in [0, 0.05) is 23.1 Å². The standard InChI is InChI=1S/C31H22ClF6N7O2/c32-20-2-1-13(6-18(20)30(39)47)16-9-21-23(10-40-43-21)42-26(16)22(5-12-3-14(33)7-15(34)4-12)41-24(46)11-45-28-25(27(44-45)29(35)36)17-8-19(17)31(28,37)38/h1-4,6-7,9-10,17,19,22,29H,5,8,11H2,(H2,39,47)(H,40,43)(H,41,46)/t17-,19+,22-/m0/s1. The van der Waals surface area contributed by atoms with E-state index >= 15 is 8.78 Å². The van der Waals surface area contributed by atoms with Gasteiger partial charge < -0.3 is 11.1 Å². The quantitative estimate of drug-likeness (QED) is 0.163. The van der Waals surface area contributed by atoms with Gasteiger partial charge in [-0.1, -0.05) is 17.7 Å². The van der Waals surface area contributed by atoms with Gasteiger partial charge in [-0.25, -0.2) is 22.5 Å². The van der Waals surface area contributed by atoms with E-state index in [1.165, 1.54) is 18.3 Å². The van der Waals surface area contributed by atoms with Gasteiger partial charge in [0.2, 0.25) is 11.8 Å². The van der Waals surface area contributed by atoms with E-state index in [4.69, 9.17) is 17.3 Å². The van der Waals surface area contributed by atoms with Gasteiger partial charge in [-0.05, 0) is 60.2 Å². The molecule has 3 heterocycles. The number of hydrogen-bond donors (Lipinski definition) is 3. The van der Waals surface area contributed by atoms with Crippen LogP contribution >= 0.6 is 11.6 Å². The first-order chi connectivity index (χ1) is 22.3. The van der Waals surface area contributed by atoms with Gasteiger partial charge in [-0.15, -0.1) is 0 Å². The van der Waals surface area contributed by atoms with Crippen molar-refractivity contribution in [1.29, 1.82) is 0 Å². The molecule has 0 radical (unpaired) electrons. The summed E-state index contributed by atoms with van der Waals surface area (Å²) in [4.78, 5) is 30.3. The molecule has 3 aromatic heterocycles. The summed E-state index contributed by atoms with van der Waals surface area (Å²) in [5.41, 5.74) is 5.49. The van der Waals surface area contributed by atoms with E-state index in [1.54, 1.807) is 12.1 Å². The fraction of sp³-hybridized carbons (Fsp3) is 0.258. The Morgan fingerprint density at radius 2 is 1.85 bits per heavy atom. The summed E-state index contributed by atoms with van der Waals surface area (Å²) >= 11 is 6.17. The summed E-state index contributed by atoms with van der Waals surface area (Å²) in [7, 11) is 0. The molecule has 5 aromatic rings. The minimum Gasteiger partial charge on any atom is -0.366 e. The van der Waals surface area contributed by atoms with Crippen molar-refractivity contribution in [3.8, 4) is 11.1 Å². The molecule has 3 atom stereocenters. The van der Waals surface area contributed by atoms with Gasteiger partial charge in [-0.2, -0.15) is 19.0 Å². The van der Waals surface area contributed by atoms with Crippen molar-refractivity contribution in [3.05, 3.63) is 99.1 Å². The topological polar surface area (TPSA) is 132 Å². The Hall–Kier alpha value is -4.92. The number of halogens is 7. The average molecular weight is 674 g/mol. The van der Waals surface area contributed by atoms with Crippen molar-refractivity contribution < 1.29 is 35.9 Å². The number of nitrogens with zero attached hydrogens (tertiary/aromatic N) is 4. The van der Waals surface area contributed by atoms with Gasteiger partial charge >= 0.3 is 0 Å². The third-order valence-corrected chi connectivity index (χ3v) is 8.81. The van der Waals surface area contributed by atoms with Gasteiger partial charge in [-0.3, -0.25) is 19.4 Å². The van der Waals surface area contributed by atoms with Gasteiger partial charge in [0.15, 0.2) is 0 Å². The van der Waals surface area contributed by atoms with Crippen molar-refractivity contribution in [2.45, 2.75) is 43.7 Å². The number of rotatable bonds is 9. The molecule has 2 aliphatic carbocycles. The molecule has 0 bridgehead atoms. The van der Waals surface area contributed by atoms with Gasteiger partial charge in [0.1, 0.15) is 35.1 Å². The van der Waals surface area contributed by atoms with Crippen LogP contribution in [0.15, 0.2) is 48.7 Å². The zero-order valence-corrected chi connectivity index (χ0v) is 24.6. The van der Waals surface area contributed by atoms with Crippen LogP contribution < -0.4 is 11.1 Å². The number of benzene rings is 2. The van der Waals surface area contributed by atoms with E-state index < -0.39 is 71.6 Å². The van der Waals surface area contributed by atoms with Crippen molar-refractivity contribution >= 4 is 34.4 Å². The van der Waals surface area contributed by atoms with E-state index in [0.29, 0.717) is 32.9 Å². The van der Waals surface area contributed by atoms with Gasteiger partial charge in [0.05, 0.1) is 34.0 Å². The molecule has 2 amide bonds. The van der Waals surface area contributed by atoms with E-state index in [9.17, 15) is 27.2 Å². The number of hydrogen-bond acceptors (Lipinski definition) is 5. The van der Waals surface area contributed by atoms with Crippen molar-refractivity contribution in [2.75, 3.05) is 0 Å². The minimum absolute atomic E-state index is 0.0195. The lowest BCUT2D eigenvalue weighted by molar-refractivity contribution is -0.123. The van der Waals surface area contributed by atoms with Crippen LogP contribution in [0.4, 0.5) is 26.3 Å². The predicted octanol–water partition coefficient (Wildman–Crippen LogP) is 6.10. The third kappa shape index (κ3) is 5.37. The minimum atomic E-state index is -3.45. The normalized spacial score (nSPS) is 18.3. The molecule has 242 valence electrons. The molecule has 7 rings (SSSR count). The molecule has 16 heteroatoms. The molecule has 2 aromatic carbocycles. The highest BCUT2D eigenvalue weighted by molar-refractivity contribution is 6.33. The summed E-state index contributed by atoms with van der Waals surface area (Å²) in [5, 5.41) is 13.2. The second kappa shape index (κ2) is 11.1. The molecule has 2 aliphatic rings. The lowest BCUT2D eigenvalue weighted by Gasteiger charge is -2.23. The SMILES string of the molecule is NC(=O)c1cc(-c2cc3[nH]ncc3nc2[C@H](Cc2cc(F)cc(F)c2)NC(=O)Cn2nc(C(F)F)c3c2C(F)(F)[C@@H]2C[C@H]32)ccc1Cl. The summed E-state index contributed by atoms with van der Waals surface area (Å²) < 4.78 is 87.1. The molecule has 9 nitrogen and oxygen atoms in total. The molecule has 0 aliphatic heterocycles. The monoisotopic (exact) mass is 673 g/mol. The Morgan fingerprint density at radius 1 is 1.11 bits per heavy atom. The smallest absolute Gasteiger partial charge is 0.293 e. The number of carbonyl (C=O) groups is 2. The van der Waals surface area contributed by atoms with Crippen molar-refractivity contribution in [3.63, 3.8) is 0 Å². The molecule has 4 N–H and O–H groups in total. The maximum Gasteiger partial charge on any atom is 0.293 e. The number of primary amides is 1. The van der Waals surface area contributed by atoms with Crippen molar-refractivity contribution in [2.24, 2.45) is 11.7 Å². The Balaban J connectivity index is 1.31. The van der Waals surface area contributed by atoms with Crippen LogP contribution in [0.3, 0.4) is 0 Å². The lowest BCUT2D eigenvalue weighted by atomic mass is 9.94. The zero-order valence-electron chi connectivity index (χ0n) is 23.9. The van der Waals surface area contributed by atoms with Crippen molar-refractivity contribution in [1.82, 2.24) is 30.3 Å². The first-order valence-electron chi connectivity index (χ1n) is 14.3. The highest BCUT2D eigenvalue weighted by Gasteiger charge is 2.67. The molecule has 47 heavy (non-hydrogen) atoms. The third-order valence-electron chi connectivity index (χ3n) is 8.48. The molecular weight excluding hydrogens is 652 g/mol. The molecular formula is C31H22ClF6N7O2. The number of alkyl halides is 4.